The number of pyridine rings is 1. The maximum absolute atomic E-state index is 6.19. The van der Waals surface area contributed by atoms with Gasteiger partial charge >= 0.3 is 0 Å². The van der Waals surface area contributed by atoms with Crippen LogP contribution in [0.15, 0.2) is 47.1 Å². The summed E-state index contributed by atoms with van der Waals surface area (Å²) in [5.41, 5.74) is 8.37. The van der Waals surface area contributed by atoms with Crippen molar-refractivity contribution in [2.24, 2.45) is 0 Å². The summed E-state index contributed by atoms with van der Waals surface area (Å²) in [4.78, 5) is 4.31. The van der Waals surface area contributed by atoms with Gasteiger partial charge in [0.15, 0.2) is 5.75 Å². The molecule has 0 spiro atoms. The Balaban J connectivity index is 2.17. The van der Waals surface area contributed by atoms with Gasteiger partial charge in [-0.25, -0.2) is 0 Å². The van der Waals surface area contributed by atoms with Crippen molar-refractivity contribution in [2.75, 3.05) is 5.73 Å². The highest BCUT2D eigenvalue weighted by Crippen LogP contribution is 2.38. The number of benzene rings is 2. The maximum Gasteiger partial charge on any atom is 0.161 e. The molecule has 1 heterocycles. The first-order chi connectivity index (χ1) is 10.0. The van der Waals surface area contributed by atoms with E-state index >= 15 is 0 Å². The first-order valence-electron chi connectivity index (χ1n) is 6.32. The van der Waals surface area contributed by atoms with Gasteiger partial charge in [0.1, 0.15) is 5.75 Å². The number of ether oxygens (including phenoxy) is 1. The summed E-state index contributed by atoms with van der Waals surface area (Å²) in [7, 11) is 0. The summed E-state index contributed by atoms with van der Waals surface area (Å²) in [6.07, 6.45) is 1.59. The van der Waals surface area contributed by atoms with Crippen molar-refractivity contribution in [2.45, 2.75) is 6.92 Å². The van der Waals surface area contributed by atoms with Gasteiger partial charge in [-0.2, -0.15) is 0 Å². The number of nitrogen functional groups attached to an aromatic ring is 1. The molecule has 3 aromatic rings. The van der Waals surface area contributed by atoms with E-state index in [1.54, 1.807) is 6.20 Å². The Labute approximate surface area is 135 Å². The lowest BCUT2D eigenvalue weighted by Gasteiger charge is -2.13. The predicted octanol–water partition coefficient (Wildman–Crippen LogP) is 5.33. The number of hydrogen-bond acceptors (Lipinski definition) is 3. The normalized spacial score (nSPS) is 10.8. The van der Waals surface area contributed by atoms with Crippen LogP contribution in [0.2, 0.25) is 5.02 Å². The Morgan fingerprint density at radius 3 is 2.81 bits per heavy atom. The molecule has 0 saturated carbocycles. The van der Waals surface area contributed by atoms with Crippen LogP contribution in [-0.4, -0.2) is 4.98 Å². The number of halogens is 2. The molecule has 0 atom stereocenters. The van der Waals surface area contributed by atoms with Gasteiger partial charge in [-0.15, -0.1) is 0 Å². The van der Waals surface area contributed by atoms with Crippen LogP contribution in [0.25, 0.3) is 10.9 Å². The molecule has 0 saturated heterocycles. The average Bonchev–Trinajstić information content (AvgIpc) is 2.46. The molecular formula is C16H12BrClN2O. The van der Waals surface area contributed by atoms with E-state index in [0.717, 1.165) is 20.9 Å². The first kappa shape index (κ1) is 14.2. The Hall–Kier alpha value is -1.78. The lowest BCUT2D eigenvalue weighted by Crippen LogP contribution is -1.96. The fraction of sp³-hybridized carbons (Fsp3) is 0.0625. The largest absolute Gasteiger partial charge is 0.453 e. The molecule has 5 heteroatoms. The zero-order valence-corrected chi connectivity index (χ0v) is 13.6. The zero-order valence-electron chi connectivity index (χ0n) is 11.2. The van der Waals surface area contributed by atoms with Crippen molar-refractivity contribution in [3.63, 3.8) is 0 Å². The van der Waals surface area contributed by atoms with E-state index in [2.05, 4.69) is 20.9 Å². The van der Waals surface area contributed by atoms with Gasteiger partial charge in [0, 0.05) is 9.86 Å². The highest BCUT2D eigenvalue weighted by atomic mass is 79.9. The van der Waals surface area contributed by atoms with E-state index in [1.807, 2.05) is 43.3 Å². The number of nitrogens with zero attached hydrogens (tertiary/aromatic N) is 1. The molecule has 0 amide bonds. The number of rotatable bonds is 2. The van der Waals surface area contributed by atoms with Crippen LogP contribution < -0.4 is 10.5 Å². The minimum Gasteiger partial charge on any atom is -0.453 e. The summed E-state index contributed by atoms with van der Waals surface area (Å²) in [5, 5.41) is 1.38. The first-order valence-corrected chi connectivity index (χ1v) is 7.49. The number of anilines is 1. The van der Waals surface area contributed by atoms with Gasteiger partial charge in [0.05, 0.1) is 22.4 Å². The molecule has 3 rings (SSSR count). The Morgan fingerprint density at radius 1 is 1.19 bits per heavy atom. The molecule has 2 N–H and O–H groups in total. The zero-order chi connectivity index (χ0) is 15.0. The highest BCUT2D eigenvalue weighted by molar-refractivity contribution is 9.10. The molecule has 0 aliphatic heterocycles. The van der Waals surface area contributed by atoms with Crippen LogP contribution in [0.3, 0.4) is 0 Å². The van der Waals surface area contributed by atoms with E-state index < -0.39 is 0 Å². The van der Waals surface area contributed by atoms with Crippen molar-refractivity contribution in [3.05, 3.63) is 57.7 Å². The molecule has 2 aromatic carbocycles. The lowest BCUT2D eigenvalue weighted by atomic mass is 10.2. The summed E-state index contributed by atoms with van der Waals surface area (Å²) in [6.45, 7) is 1.98. The molecule has 0 fully saturated rings. The van der Waals surface area contributed by atoms with E-state index in [4.69, 9.17) is 22.1 Å². The molecule has 0 aliphatic carbocycles. The van der Waals surface area contributed by atoms with E-state index in [-0.39, 0.29) is 0 Å². The summed E-state index contributed by atoms with van der Waals surface area (Å²) in [5.74, 6) is 1.14. The van der Waals surface area contributed by atoms with E-state index in [1.165, 1.54) is 0 Å². The summed E-state index contributed by atoms with van der Waals surface area (Å²) >= 11 is 9.64. The van der Waals surface area contributed by atoms with Crippen LogP contribution >= 0.6 is 27.5 Å². The molecule has 0 unspecified atom stereocenters. The Bertz CT molecular complexity index is 831. The van der Waals surface area contributed by atoms with Gasteiger partial charge in [-0.3, -0.25) is 4.98 Å². The Morgan fingerprint density at radius 2 is 2.00 bits per heavy atom. The number of nitrogens with two attached hydrogens (primary N) is 1. The van der Waals surface area contributed by atoms with Gasteiger partial charge in [0.2, 0.25) is 0 Å². The second-order valence-corrected chi connectivity index (χ2v) is 6.06. The number of aryl methyl sites for hydroxylation is 1. The van der Waals surface area contributed by atoms with Crippen molar-refractivity contribution < 1.29 is 4.74 Å². The SMILES string of the molecule is Cc1ccc(Cl)c(Oc2c(N)cnc3ccc(Br)cc23)c1. The Kier molecular flexibility index (Phi) is 3.74. The van der Waals surface area contributed by atoms with Crippen LogP contribution in [0.4, 0.5) is 5.69 Å². The van der Waals surface area contributed by atoms with Gasteiger partial charge < -0.3 is 10.5 Å². The van der Waals surface area contributed by atoms with Crippen LogP contribution in [0.1, 0.15) is 5.56 Å². The second-order valence-electron chi connectivity index (χ2n) is 4.74. The number of aromatic nitrogens is 1. The van der Waals surface area contributed by atoms with Crippen molar-refractivity contribution >= 4 is 44.1 Å². The maximum atomic E-state index is 6.19. The van der Waals surface area contributed by atoms with Crippen LogP contribution in [0, 0.1) is 6.92 Å². The molecule has 106 valence electrons. The summed E-state index contributed by atoms with van der Waals surface area (Å²) < 4.78 is 6.90. The van der Waals surface area contributed by atoms with Crippen molar-refractivity contribution in [1.82, 2.24) is 4.98 Å². The molecule has 3 nitrogen and oxygen atoms in total. The smallest absolute Gasteiger partial charge is 0.161 e. The van der Waals surface area contributed by atoms with E-state index in [9.17, 15) is 0 Å². The van der Waals surface area contributed by atoms with Crippen molar-refractivity contribution in [3.8, 4) is 11.5 Å². The fourth-order valence-electron chi connectivity index (χ4n) is 2.07. The van der Waals surface area contributed by atoms with Gasteiger partial charge in [-0.05, 0) is 42.8 Å². The van der Waals surface area contributed by atoms with Gasteiger partial charge in [-0.1, -0.05) is 33.6 Å². The third-order valence-corrected chi connectivity index (χ3v) is 3.91. The average molecular weight is 364 g/mol. The quantitative estimate of drug-likeness (QED) is 0.669. The second kappa shape index (κ2) is 5.54. The molecule has 0 radical (unpaired) electrons. The number of hydrogen-bond donors (Lipinski definition) is 1. The minimum absolute atomic E-state index is 0.471. The molecular weight excluding hydrogens is 352 g/mol. The standard InChI is InChI=1S/C16H12BrClN2O/c1-9-2-4-12(18)15(6-9)21-16-11-7-10(17)3-5-14(11)20-8-13(16)19/h2-8H,19H2,1H3. The highest BCUT2D eigenvalue weighted by Gasteiger charge is 2.12. The summed E-state index contributed by atoms with van der Waals surface area (Å²) in [6, 6.07) is 11.4. The van der Waals surface area contributed by atoms with Crippen LogP contribution in [-0.2, 0) is 0 Å². The fourth-order valence-corrected chi connectivity index (χ4v) is 2.59. The third-order valence-electron chi connectivity index (χ3n) is 3.11. The van der Waals surface area contributed by atoms with Gasteiger partial charge in [0.25, 0.3) is 0 Å². The van der Waals surface area contributed by atoms with Crippen molar-refractivity contribution in [1.29, 1.82) is 0 Å². The molecule has 0 aliphatic rings. The third kappa shape index (κ3) is 2.82. The van der Waals surface area contributed by atoms with E-state index in [0.29, 0.717) is 22.2 Å². The lowest BCUT2D eigenvalue weighted by molar-refractivity contribution is 0.490. The predicted molar refractivity (Wildman–Crippen MR) is 90.1 cm³/mol. The minimum atomic E-state index is 0.471. The molecule has 0 bridgehead atoms. The molecule has 1 aromatic heterocycles. The topological polar surface area (TPSA) is 48.1 Å². The molecule has 21 heavy (non-hydrogen) atoms. The number of fused-ring (bicyclic) bond motifs is 1. The monoisotopic (exact) mass is 362 g/mol. The van der Waals surface area contributed by atoms with Crippen LogP contribution in [0.5, 0.6) is 11.5 Å².